The number of nitrogens with zero attached hydrogens (tertiary/aromatic N) is 2. The summed E-state index contributed by atoms with van der Waals surface area (Å²) in [6.07, 6.45) is 6.32. The van der Waals surface area contributed by atoms with Gasteiger partial charge < -0.3 is 24.8 Å². The van der Waals surface area contributed by atoms with Crippen LogP contribution in [-0.4, -0.2) is 100 Å². The first-order chi connectivity index (χ1) is 25.3. The van der Waals surface area contributed by atoms with E-state index < -0.39 is 44.4 Å². The minimum atomic E-state index is -4.17. The van der Waals surface area contributed by atoms with Crippen molar-refractivity contribution in [2.45, 2.75) is 100 Å². The summed E-state index contributed by atoms with van der Waals surface area (Å²) in [5, 5.41) is -0.390. The minimum Gasteiger partial charge on any atom is -0.491 e. The maximum atomic E-state index is 16.8. The molecule has 14 heteroatoms. The van der Waals surface area contributed by atoms with Crippen molar-refractivity contribution in [1.82, 2.24) is 14.5 Å². The van der Waals surface area contributed by atoms with Gasteiger partial charge in [-0.15, -0.1) is 0 Å². The number of nitrogens with two attached hydrogens (primary N) is 1. The van der Waals surface area contributed by atoms with E-state index in [0.717, 1.165) is 43.2 Å². The summed E-state index contributed by atoms with van der Waals surface area (Å²) in [5.74, 6) is -2.02. The molecule has 2 aromatic rings. The second-order valence-electron chi connectivity index (χ2n) is 15.2. The molecule has 2 aromatic carbocycles. The van der Waals surface area contributed by atoms with Gasteiger partial charge in [0.1, 0.15) is 29.8 Å². The van der Waals surface area contributed by atoms with Crippen LogP contribution in [0.5, 0.6) is 5.75 Å². The highest BCUT2D eigenvalue weighted by Gasteiger charge is 2.45. The summed E-state index contributed by atoms with van der Waals surface area (Å²) in [6.45, 7) is 4.52. The van der Waals surface area contributed by atoms with Crippen molar-refractivity contribution in [3.05, 3.63) is 70.0 Å². The number of nitrogens with one attached hydrogen (secondary N) is 1. The summed E-state index contributed by atoms with van der Waals surface area (Å²) < 4.78 is 63.4. The van der Waals surface area contributed by atoms with Crippen LogP contribution in [0.15, 0.2) is 48.3 Å². The van der Waals surface area contributed by atoms with Crippen molar-refractivity contribution in [2.75, 3.05) is 46.2 Å². The van der Waals surface area contributed by atoms with E-state index in [0.29, 0.717) is 30.2 Å². The summed E-state index contributed by atoms with van der Waals surface area (Å²) >= 11 is 6.46. The number of halogens is 2. The average molecular weight is 775 g/mol. The molecule has 1 aliphatic carbocycles. The van der Waals surface area contributed by atoms with Gasteiger partial charge in [-0.2, -0.15) is 0 Å². The lowest BCUT2D eigenvalue weighted by molar-refractivity contribution is -0.136. The smallest absolute Gasteiger partial charge is 0.264 e. The molecule has 5 aliphatic rings. The molecular weight excluding hydrogens is 723 g/mol. The summed E-state index contributed by atoms with van der Waals surface area (Å²) in [4.78, 5) is 31.2. The third-order valence-electron chi connectivity index (χ3n) is 12.1. The molecule has 0 saturated carbocycles. The molecule has 4 heterocycles. The Morgan fingerprint density at radius 2 is 1.79 bits per heavy atom. The first kappa shape index (κ1) is 39.5. The largest absolute Gasteiger partial charge is 0.491 e. The second-order valence-corrected chi connectivity index (χ2v) is 17.7. The van der Waals surface area contributed by atoms with Crippen LogP contribution in [-0.2, 0) is 36.1 Å². The van der Waals surface area contributed by atoms with E-state index in [2.05, 4.69) is 10.8 Å². The van der Waals surface area contributed by atoms with Crippen LogP contribution in [0.2, 0.25) is 5.02 Å². The highest BCUT2D eigenvalue weighted by Crippen LogP contribution is 2.44. The number of aryl methyl sites for hydroxylation is 1. The number of methoxy groups -OCH3 is 2. The number of hydrogen-bond donors (Lipinski definition) is 2. The van der Waals surface area contributed by atoms with Crippen LogP contribution in [0.3, 0.4) is 0 Å². The molecule has 0 aromatic heterocycles. The zero-order valence-corrected chi connectivity index (χ0v) is 32.6. The van der Waals surface area contributed by atoms with Gasteiger partial charge in [-0.1, -0.05) is 30.7 Å². The number of anilines is 1. The SMILES string of the molecule is CO[C@H]1CN(C(=O)[C@H]2/C(F)=C/C[C@H](C)[C@@H](C)S(=O)(=O)NC(=O)c3ccc(c(N)c3)OC[C@]3(CCCc4cc(Cl)ccc43)CC[C@@H]3CCCN32)C[C@H]1OC. The van der Waals surface area contributed by atoms with E-state index in [-0.39, 0.29) is 61.5 Å². The van der Waals surface area contributed by atoms with E-state index in [1.807, 2.05) is 17.0 Å². The fraction of sp³-hybridized carbons (Fsp3) is 0.590. The molecule has 2 saturated heterocycles. The van der Waals surface area contributed by atoms with Gasteiger partial charge in [0.05, 0.1) is 17.5 Å². The van der Waals surface area contributed by atoms with Crippen molar-refractivity contribution in [3.8, 4) is 5.75 Å². The quantitative estimate of drug-likeness (QED) is 0.393. The number of carbonyl (C=O) groups is 2. The number of likely N-dealkylation sites (tertiary alicyclic amines) is 1. The number of rotatable bonds is 3. The maximum absolute atomic E-state index is 16.8. The van der Waals surface area contributed by atoms with Gasteiger partial charge in [-0.3, -0.25) is 14.5 Å². The van der Waals surface area contributed by atoms with Crippen LogP contribution in [0.4, 0.5) is 10.1 Å². The Morgan fingerprint density at radius 1 is 1.06 bits per heavy atom. The van der Waals surface area contributed by atoms with Crippen molar-refractivity contribution in [3.63, 3.8) is 0 Å². The number of carbonyl (C=O) groups excluding carboxylic acids is 2. The molecule has 7 rings (SSSR count). The number of allylic oxidation sites excluding steroid dienone is 1. The van der Waals surface area contributed by atoms with Gasteiger partial charge in [0, 0.05) is 49.4 Å². The van der Waals surface area contributed by atoms with E-state index >= 15 is 4.39 Å². The highest BCUT2D eigenvalue weighted by atomic mass is 35.5. The molecule has 4 aliphatic heterocycles. The number of amides is 2. The van der Waals surface area contributed by atoms with Crippen LogP contribution in [0, 0.1) is 5.92 Å². The van der Waals surface area contributed by atoms with Crippen LogP contribution in [0.25, 0.3) is 0 Å². The van der Waals surface area contributed by atoms with Gasteiger partial charge in [-0.25, -0.2) is 17.5 Å². The third-order valence-corrected chi connectivity index (χ3v) is 14.2. The minimum absolute atomic E-state index is 0.0349. The fourth-order valence-electron chi connectivity index (χ4n) is 8.66. The topological polar surface area (TPSA) is 140 Å². The molecule has 2 bridgehead atoms. The lowest BCUT2D eigenvalue weighted by Gasteiger charge is -2.41. The lowest BCUT2D eigenvalue weighted by Crippen LogP contribution is -2.51. The molecule has 7 atom stereocenters. The average Bonchev–Trinajstić information content (AvgIpc) is 3.78. The predicted octanol–water partition coefficient (Wildman–Crippen LogP) is 5.40. The van der Waals surface area contributed by atoms with E-state index in [1.165, 1.54) is 25.1 Å². The number of hydrogen-bond acceptors (Lipinski definition) is 9. The Bertz CT molecular complexity index is 1820. The molecule has 290 valence electrons. The Balaban J connectivity index is 1.40. The summed E-state index contributed by atoms with van der Waals surface area (Å²) in [6, 6.07) is 9.22. The van der Waals surface area contributed by atoms with Gasteiger partial charge in [0.2, 0.25) is 15.9 Å². The van der Waals surface area contributed by atoms with Crippen molar-refractivity contribution in [1.29, 1.82) is 0 Å². The normalized spacial score (nSPS) is 32.3. The van der Waals surface area contributed by atoms with Gasteiger partial charge in [-0.05, 0) is 112 Å². The van der Waals surface area contributed by atoms with Gasteiger partial charge in [0.25, 0.3) is 5.91 Å². The van der Waals surface area contributed by atoms with Crippen LogP contribution < -0.4 is 15.2 Å². The molecule has 11 nitrogen and oxygen atoms in total. The number of ether oxygens (including phenoxy) is 3. The fourth-order valence-corrected chi connectivity index (χ4v) is 10.1. The number of nitrogen functional groups attached to an aromatic ring is 1. The Hall–Kier alpha value is -3.23. The molecule has 2 amide bonds. The monoisotopic (exact) mass is 774 g/mol. The highest BCUT2D eigenvalue weighted by molar-refractivity contribution is 7.90. The van der Waals surface area contributed by atoms with Gasteiger partial charge >= 0.3 is 0 Å². The first-order valence-corrected chi connectivity index (χ1v) is 20.5. The number of sulfonamides is 1. The van der Waals surface area contributed by atoms with Crippen molar-refractivity contribution in [2.24, 2.45) is 5.92 Å². The summed E-state index contributed by atoms with van der Waals surface area (Å²) in [5.41, 5.74) is 8.57. The van der Waals surface area contributed by atoms with E-state index in [4.69, 9.17) is 31.5 Å². The Labute approximate surface area is 317 Å². The van der Waals surface area contributed by atoms with Crippen LogP contribution >= 0.6 is 11.6 Å². The van der Waals surface area contributed by atoms with Crippen molar-refractivity contribution >= 4 is 39.1 Å². The van der Waals surface area contributed by atoms with E-state index in [9.17, 15) is 18.0 Å². The van der Waals surface area contributed by atoms with Crippen LogP contribution in [0.1, 0.15) is 80.3 Å². The predicted molar refractivity (Wildman–Crippen MR) is 202 cm³/mol. The zero-order valence-electron chi connectivity index (χ0n) is 31.0. The second kappa shape index (κ2) is 16.2. The molecule has 0 unspecified atom stereocenters. The first-order valence-electron chi connectivity index (χ1n) is 18.6. The Kier molecular flexibility index (Phi) is 12.1. The standard InChI is InChI=1S/C39H52ClFN4O7S/c1-24-9-13-31(41)36(38(47)44-21-34(50-3)35(22-44)51-4)45-18-6-8-29(45)15-17-39(16-5-7-26-19-28(40)11-12-30(26)39)23-52-33-14-10-27(20-32(33)42)37(46)43-53(48,49)25(24)2/h10-14,19-20,24-25,29,34-36H,5-9,15-18,21-23,42H2,1-4H3,(H,43,46)/b31-13-/t24-,25+,29-,34-,35+,36+,39-/m0/s1. The van der Waals surface area contributed by atoms with Crippen molar-refractivity contribution < 1.29 is 36.6 Å². The van der Waals surface area contributed by atoms with Gasteiger partial charge in [0.15, 0.2) is 0 Å². The Morgan fingerprint density at radius 3 is 2.49 bits per heavy atom. The lowest BCUT2D eigenvalue weighted by atomic mass is 9.67. The molecular formula is C39H52ClFN4O7S. The number of fused-ring (bicyclic) bond motifs is 12. The number of benzene rings is 2. The summed E-state index contributed by atoms with van der Waals surface area (Å²) in [7, 11) is -1.03. The molecule has 53 heavy (non-hydrogen) atoms. The van der Waals surface area contributed by atoms with E-state index in [1.54, 1.807) is 32.1 Å². The molecule has 1 spiro atoms. The maximum Gasteiger partial charge on any atom is 0.264 e. The molecule has 2 fully saturated rings. The molecule has 0 radical (unpaired) electrons. The zero-order chi connectivity index (χ0) is 38.1. The third kappa shape index (κ3) is 8.24. The molecule has 3 N–H and O–H groups in total.